The molecule has 118 valence electrons. The zero-order chi connectivity index (χ0) is 15.4. The molecule has 0 saturated heterocycles. The Morgan fingerprint density at radius 3 is 3.05 bits per heavy atom. The van der Waals surface area contributed by atoms with Gasteiger partial charge in [0, 0.05) is 24.7 Å². The van der Waals surface area contributed by atoms with Gasteiger partial charge in [0.15, 0.2) is 0 Å². The third kappa shape index (κ3) is 3.81. The number of carbonyl (C=O) groups is 1. The summed E-state index contributed by atoms with van der Waals surface area (Å²) in [6, 6.07) is 5.95. The smallest absolute Gasteiger partial charge is 0.317 e. The highest BCUT2D eigenvalue weighted by Gasteiger charge is 2.20. The molecule has 2 aliphatic rings. The van der Waals surface area contributed by atoms with Gasteiger partial charge in [-0.15, -0.1) is 0 Å². The molecule has 0 atom stereocenters. The van der Waals surface area contributed by atoms with Crippen molar-refractivity contribution in [2.75, 3.05) is 26.3 Å². The molecule has 5 heteroatoms. The Kier molecular flexibility index (Phi) is 5.01. The van der Waals surface area contributed by atoms with Gasteiger partial charge >= 0.3 is 6.03 Å². The fourth-order valence-corrected chi connectivity index (χ4v) is 3.13. The molecule has 4 nitrogen and oxygen atoms in total. The Morgan fingerprint density at radius 2 is 2.23 bits per heavy atom. The second kappa shape index (κ2) is 7.16. The van der Waals surface area contributed by atoms with E-state index in [2.05, 4.69) is 17.5 Å². The largest absolute Gasteiger partial charge is 0.377 e. The molecule has 0 bridgehead atoms. The van der Waals surface area contributed by atoms with Gasteiger partial charge in [-0.05, 0) is 42.5 Å². The lowest BCUT2D eigenvalue weighted by Crippen LogP contribution is -2.43. The average molecular weight is 321 g/mol. The molecule has 1 aromatic carbocycles. The predicted octanol–water partition coefficient (Wildman–Crippen LogP) is 3.14. The number of nitrogens with one attached hydrogen (secondary N) is 1. The number of amides is 2. The van der Waals surface area contributed by atoms with Crippen molar-refractivity contribution in [1.82, 2.24) is 10.2 Å². The number of ether oxygens (including phenoxy) is 1. The maximum atomic E-state index is 12.3. The summed E-state index contributed by atoms with van der Waals surface area (Å²) in [6.45, 7) is 3.58. The number of fused-ring (bicyclic) bond motifs is 1. The molecule has 2 amide bonds. The maximum absolute atomic E-state index is 12.3. The first-order valence-electron chi connectivity index (χ1n) is 7.78. The van der Waals surface area contributed by atoms with Crippen LogP contribution in [0.15, 0.2) is 29.8 Å². The summed E-state index contributed by atoms with van der Waals surface area (Å²) in [5, 5.41) is 3.75. The summed E-state index contributed by atoms with van der Waals surface area (Å²) in [7, 11) is 0. The van der Waals surface area contributed by atoms with Gasteiger partial charge in [-0.3, -0.25) is 0 Å². The van der Waals surface area contributed by atoms with Gasteiger partial charge in [0.1, 0.15) is 0 Å². The molecule has 0 spiro atoms. The van der Waals surface area contributed by atoms with Crippen LogP contribution in [0.3, 0.4) is 0 Å². The lowest BCUT2D eigenvalue weighted by molar-refractivity contribution is 0.153. The summed E-state index contributed by atoms with van der Waals surface area (Å²) >= 11 is 6.04. The number of carbonyl (C=O) groups excluding carboxylic acids is 1. The van der Waals surface area contributed by atoms with Crippen LogP contribution in [0.5, 0.6) is 0 Å². The van der Waals surface area contributed by atoms with E-state index < -0.39 is 0 Å². The molecule has 0 aliphatic carbocycles. The second-order valence-electron chi connectivity index (χ2n) is 5.75. The van der Waals surface area contributed by atoms with Crippen LogP contribution >= 0.6 is 11.6 Å². The highest BCUT2D eigenvalue weighted by molar-refractivity contribution is 6.30. The number of hydrogen-bond acceptors (Lipinski definition) is 2. The van der Waals surface area contributed by atoms with Crippen molar-refractivity contribution in [2.24, 2.45) is 0 Å². The molecule has 0 radical (unpaired) electrons. The molecular weight excluding hydrogens is 300 g/mol. The van der Waals surface area contributed by atoms with E-state index in [0.717, 1.165) is 43.0 Å². The van der Waals surface area contributed by atoms with Crippen LogP contribution in [0.25, 0.3) is 0 Å². The molecule has 0 fully saturated rings. The summed E-state index contributed by atoms with van der Waals surface area (Å²) in [5.74, 6) is 0. The minimum atomic E-state index is 0.0123. The number of urea groups is 1. The zero-order valence-corrected chi connectivity index (χ0v) is 13.4. The fourth-order valence-electron chi connectivity index (χ4n) is 2.93. The Morgan fingerprint density at radius 1 is 1.32 bits per heavy atom. The van der Waals surface area contributed by atoms with E-state index >= 15 is 0 Å². The summed E-state index contributed by atoms with van der Waals surface area (Å²) < 4.78 is 5.28. The monoisotopic (exact) mass is 320 g/mol. The van der Waals surface area contributed by atoms with Crippen molar-refractivity contribution in [3.63, 3.8) is 0 Å². The van der Waals surface area contributed by atoms with Gasteiger partial charge < -0.3 is 15.0 Å². The SMILES string of the molecule is O=C(NCCC1=CCOCC1)N1CCc2ccc(Cl)cc2C1. The van der Waals surface area contributed by atoms with Gasteiger partial charge in [0.2, 0.25) is 0 Å². The number of benzene rings is 1. The van der Waals surface area contributed by atoms with E-state index in [4.69, 9.17) is 16.3 Å². The van der Waals surface area contributed by atoms with Crippen molar-refractivity contribution >= 4 is 17.6 Å². The van der Waals surface area contributed by atoms with Crippen LogP contribution in [0.1, 0.15) is 24.0 Å². The van der Waals surface area contributed by atoms with E-state index in [1.165, 1.54) is 11.1 Å². The number of nitrogens with zero attached hydrogens (tertiary/aromatic N) is 1. The zero-order valence-electron chi connectivity index (χ0n) is 12.6. The summed E-state index contributed by atoms with van der Waals surface area (Å²) in [6.07, 6.45) is 4.90. The standard InChI is InChI=1S/C17H21ClN2O2/c18-16-2-1-14-4-8-20(12-15(14)11-16)17(21)19-7-3-13-5-9-22-10-6-13/h1-2,5,11H,3-4,6-10,12H2,(H,19,21). The Hall–Kier alpha value is -1.52. The molecule has 1 aromatic rings. The highest BCUT2D eigenvalue weighted by atomic mass is 35.5. The van der Waals surface area contributed by atoms with Crippen molar-refractivity contribution in [1.29, 1.82) is 0 Å². The van der Waals surface area contributed by atoms with Crippen molar-refractivity contribution in [2.45, 2.75) is 25.8 Å². The minimum Gasteiger partial charge on any atom is -0.377 e. The first-order chi connectivity index (χ1) is 10.7. The number of rotatable bonds is 3. The molecule has 2 heterocycles. The third-order valence-electron chi connectivity index (χ3n) is 4.25. The minimum absolute atomic E-state index is 0.0123. The topological polar surface area (TPSA) is 41.6 Å². The predicted molar refractivity (Wildman–Crippen MR) is 87.1 cm³/mol. The van der Waals surface area contributed by atoms with E-state index in [1.54, 1.807) is 0 Å². The Bertz CT molecular complexity index is 586. The van der Waals surface area contributed by atoms with E-state index in [-0.39, 0.29) is 6.03 Å². The average Bonchev–Trinajstić information content (AvgIpc) is 2.55. The molecular formula is C17H21ClN2O2. The number of halogens is 1. The van der Waals surface area contributed by atoms with Crippen LogP contribution < -0.4 is 5.32 Å². The van der Waals surface area contributed by atoms with Crippen molar-refractivity contribution in [3.8, 4) is 0 Å². The van der Waals surface area contributed by atoms with E-state index in [9.17, 15) is 4.79 Å². The molecule has 22 heavy (non-hydrogen) atoms. The quantitative estimate of drug-likeness (QED) is 0.869. The lowest BCUT2D eigenvalue weighted by atomic mass is 10.0. The van der Waals surface area contributed by atoms with Crippen LogP contribution in [-0.2, 0) is 17.7 Å². The second-order valence-corrected chi connectivity index (χ2v) is 6.19. The van der Waals surface area contributed by atoms with Gasteiger partial charge in [0.05, 0.1) is 13.2 Å². The first-order valence-corrected chi connectivity index (χ1v) is 8.16. The van der Waals surface area contributed by atoms with Crippen molar-refractivity contribution in [3.05, 3.63) is 46.0 Å². The number of hydrogen-bond donors (Lipinski definition) is 1. The van der Waals surface area contributed by atoms with Crippen LogP contribution in [0.2, 0.25) is 5.02 Å². The summed E-state index contributed by atoms with van der Waals surface area (Å²) in [5.41, 5.74) is 3.82. The third-order valence-corrected chi connectivity index (χ3v) is 4.48. The first kappa shape index (κ1) is 15.4. The van der Waals surface area contributed by atoms with Crippen LogP contribution in [0.4, 0.5) is 4.79 Å². The van der Waals surface area contributed by atoms with Gasteiger partial charge in [0.25, 0.3) is 0 Å². The fraction of sp³-hybridized carbons (Fsp3) is 0.471. The molecule has 0 unspecified atom stereocenters. The Labute approximate surface area is 136 Å². The highest BCUT2D eigenvalue weighted by Crippen LogP contribution is 2.22. The van der Waals surface area contributed by atoms with Crippen LogP contribution in [-0.4, -0.2) is 37.2 Å². The molecule has 3 rings (SSSR count). The van der Waals surface area contributed by atoms with Gasteiger partial charge in [-0.1, -0.05) is 29.3 Å². The molecule has 1 N–H and O–H groups in total. The van der Waals surface area contributed by atoms with Crippen molar-refractivity contribution < 1.29 is 9.53 Å². The lowest BCUT2D eigenvalue weighted by Gasteiger charge is -2.29. The van der Waals surface area contributed by atoms with Crippen LogP contribution in [0, 0.1) is 0 Å². The summed E-state index contributed by atoms with van der Waals surface area (Å²) in [4.78, 5) is 14.1. The molecule has 0 aromatic heterocycles. The van der Waals surface area contributed by atoms with E-state index in [1.807, 2.05) is 17.0 Å². The van der Waals surface area contributed by atoms with Gasteiger partial charge in [-0.25, -0.2) is 4.79 Å². The van der Waals surface area contributed by atoms with Gasteiger partial charge in [-0.2, -0.15) is 0 Å². The molecule has 2 aliphatic heterocycles. The maximum Gasteiger partial charge on any atom is 0.317 e. The molecule has 0 saturated carbocycles. The van der Waals surface area contributed by atoms with E-state index in [0.29, 0.717) is 19.7 Å². The Balaban J connectivity index is 1.50. The normalized spacial score (nSPS) is 17.7.